The van der Waals surface area contributed by atoms with Gasteiger partial charge in [-0.05, 0) is 51.9 Å². The normalized spacial score (nSPS) is 22.8. The van der Waals surface area contributed by atoms with E-state index in [-0.39, 0.29) is 0 Å². The van der Waals surface area contributed by atoms with Crippen LogP contribution in [0.3, 0.4) is 0 Å². The molecule has 0 amide bonds. The van der Waals surface area contributed by atoms with Gasteiger partial charge in [-0.3, -0.25) is 14.7 Å². The Labute approximate surface area is 163 Å². The van der Waals surface area contributed by atoms with Crippen molar-refractivity contribution in [2.75, 3.05) is 59.0 Å². The van der Waals surface area contributed by atoms with Gasteiger partial charge in [0.15, 0.2) is 0 Å². The summed E-state index contributed by atoms with van der Waals surface area (Å²) in [6, 6.07) is 0.810. The van der Waals surface area contributed by atoms with E-state index in [0.717, 1.165) is 25.8 Å². The molecule has 0 radical (unpaired) electrons. The van der Waals surface area contributed by atoms with Crippen molar-refractivity contribution in [2.45, 2.75) is 78.8 Å². The number of piperidine rings is 1. The van der Waals surface area contributed by atoms with Gasteiger partial charge in [0.05, 0.1) is 6.61 Å². The Morgan fingerprint density at radius 3 is 1.96 bits per heavy atom. The van der Waals surface area contributed by atoms with Gasteiger partial charge in [0.2, 0.25) is 0 Å². The molecule has 0 aromatic carbocycles. The van der Waals surface area contributed by atoms with Gasteiger partial charge in [0.25, 0.3) is 0 Å². The number of hydrogen-bond acceptors (Lipinski definition) is 4. The molecule has 2 saturated heterocycles. The van der Waals surface area contributed by atoms with Crippen LogP contribution in [-0.4, -0.2) is 85.3 Å². The van der Waals surface area contributed by atoms with E-state index < -0.39 is 0 Å². The summed E-state index contributed by atoms with van der Waals surface area (Å²) < 4.78 is 5.86. The topological polar surface area (TPSA) is 19.0 Å². The minimum Gasteiger partial charge on any atom is -0.380 e. The van der Waals surface area contributed by atoms with E-state index in [1.54, 1.807) is 0 Å². The van der Waals surface area contributed by atoms with Crippen LogP contribution in [0.4, 0.5) is 0 Å². The van der Waals surface area contributed by atoms with E-state index in [1.807, 2.05) is 0 Å². The predicted molar refractivity (Wildman–Crippen MR) is 112 cm³/mol. The average Bonchev–Trinajstić information content (AvgIpc) is 2.57. The molecule has 0 bridgehead atoms. The highest BCUT2D eigenvalue weighted by molar-refractivity contribution is 4.87. The summed E-state index contributed by atoms with van der Waals surface area (Å²) in [4.78, 5) is 7.99. The van der Waals surface area contributed by atoms with Crippen LogP contribution in [0.2, 0.25) is 0 Å². The molecule has 2 aliphatic rings. The predicted octanol–water partition coefficient (Wildman–Crippen LogP) is 3.71. The van der Waals surface area contributed by atoms with Gasteiger partial charge < -0.3 is 4.74 Å². The van der Waals surface area contributed by atoms with Crippen molar-refractivity contribution in [3.8, 4) is 0 Å². The molecule has 4 nitrogen and oxygen atoms in total. The zero-order valence-electron chi connectivity index (χ0n) is 18.5. The maximum atomic E-state index is 5.86. The van der Waals surface area contributed by atoms with Crippen LogP contribution >= 0.6 is 0 Å². The Morgan fingerprint density at radius 2 is 1.42 bits per heavy atom. The van der Waals surface area contributed by atoms with E-state index in [4.69, 9.17) is 4.74 Å². The summed E-state index contributed by atoms with van der Waals surface area (Å²) in [6.45, 7) is 24.3. The van der Waals surface area contributed by atoms with Gasteiger partial charge in [-0.1, -0.05) is 20.8 Å². The first kappa shape index (κ1) is 22.1. The third-order valence-electron chi connectivity index (χ3n) is 6.10. The standard InChI is InChI=1S/C22H45N3O/c1-21(2,3)10-7-18-26-19-17-23-13-15-24(16-14-23)20-8-11-25(12-9-20)22(4,5)6/h20H,7-19H2,1-6H3. The van der Waals surface area contributed by atoms with Crippen molar-refractivity contribution in [3.05, 3.63) is 0 Å². The van der Waals surface area contributed by atoms with Crippen LogP contribution in [0.15, 0.2) is 0 Å². The lowest BCUT2D eigenvalue weighted by Gasteiger charge is -2.46. The van der Waals surface area contributed by atoms with Gasteiger partial charge >= 0.3 is 0 Å². The number of likely N-dealkylation sites (tertiary alicyclic amines) is 1. The maximum Gasteiger partial charge on any atom is 0.0593 e. The minimum absolute atomic E-state index is 0.330. The molecule has 4 heteroatoms. The van der Waals surface area contributed by atoms with Crippen molar-refractivity contribution >= 4 is 0 Å². The first-order valence-corrected chi connectivity index (χ1v) is 10.9. The molecule has 0 N–H and O–H groups in total. The minimum atomic E-state index is 0.330. The third-order valence-corrected chi connectivity index (χ3v) is 6.10. The lowest BCUT2D eigenvalue weighted by molar-refractivity contribution is 0.0237. The number of piperazine rings is 1. The van der Waals surface area contributed by atoms with Crippen LogP contribution in [0.5, 0.6) is 0 Å². The van der Waals surface area contributed by atoms with Crippen LogP contribution in [0, 0.1) is 5.41 Å². The van der Waals surface area contributed by atoms with Crippen LogP contribution in [0.25, 0.3) is 0 Å². The number of nitrogens with zero attached hydrogens (tertiary/aromatic N) is 3. The molecule has 0 aromatic rings. The highest BCUT2D eigenvalue weighted by atomic mass is 16.5. The van der Waals surface area contributed by atoms with Crippen molar-refractivity contribution in [1.82, 2.24) is 14.7 Å². The second kappa shape index (κ2) is 9.86. The molecule has 0 aromatic heterocycles. The van der Waals surface area contributed by atoms with Crippen molar-refractivity contribution in [2.24, 2.45) is 5.41 Å². The fraction of sp³-hybridized carbons (Fsp3) is 1.00. The van der Waals surface area contributed by atoms with E-state index in [1.165, 1.54) is 65.0 Å². The van der Waals surface area contributed by atoms with Gasteiger partial charge in [0, 0.05) is 64.0 Å². The quantitative estimate of drug-likeness (QED) is 0.639. The van der Waals surface area contributed by atoms with Crippen LogP contribution in [0.1, 0.15) is 67.2 Å². The highest BCUT2D eigenvalue weighted by Crippen LogP contribution is 2.24. The van der Waals surface area contributed by atoms with Gasteiger partial charge in [-0.2, -0.15) is 0 Å². The molecule has 0 atom stereocenters. The molecule has 0 spiro atoms. The number of ether oxygens (including phenoxy) is 1. The fourth-order valence-electron chi connectivity index (χ4n) is 4.25. The molecule has 2 fully saturated rings. The summed E-state index contributed by atoms with van der Waals surface area (Å²) in [6.07, 6.45) is 5.12. The summed E-state index contributed by atoms with van der Waals surface area (Å²) in [5.41, 5.74) is 0.763. The SMILES string of the molecule is CC(C)(C)CCCOCCN1CCN(C2CCN(C(C)(C)C)CC2)CC1. The molecule has 2 rings (SSSR count). The Bertz CT molecular complexity index is 383. The van der Waals surface area contributed by atoms with E-state index in [2.05, 4.69) is 56.2 Å². The Hall–Kier alpha value is -0.160. The van der Waals surface area contributed by atoms with Crippen molar-refractivity contribution < 1.29 is 4.74 Å². The molecule has 26 heavy (non-hydrogen) atoms. The second-order valence-corrected chi connectivity index (χ2v) is 10.5. The zero-order chi connectivity index (χ0) is 19.2. The summed E-state index contributed by atoms with van der Waals surface area (Å²) in [5.74, 6) is 0. The molecular weight excluding hydrogens is 322 g/mol. The van der Waals surface area contributed by atoms with Gasteiger partial charge in [-0.25, -0.2) is 0 Å². The Morgan fingerprint density at radius 1 is 0.808 bits per heavy atom. The monoisotopic (exact) mass is 367 g/mol. The first-order chi connectivity index (χ1) is 12.1. The maximum absolute atomic E-state index is 5.86. The van der Waals surface area contributed by atoms with Gasteiger partial charge in [0.1, 0.15) is 0 Å². The second-order valence-electron chi connectivity index (χ2n) is 10.5. The molecule has 2 aliphatic heterocycles. The average molecular weight is 368 g/mol. The Balaban J connectivity index is 1.54. The van der Waals surface area contributed by atoms with E-state index >= 15 is 0 Å². The molecule has 2 heterocycles. The van der Waals surface area contributed by atoms with Crippen molar-refractivity contribution in [3.63, 3.8) is 0 Å². The third kappa shape index (κ3) is 7.84. The molecular formula is C22H45N3O. The van der Waals surface area contributed by atoms with Crippen LogP contribution in [-0.2, 0) is 4.74 Å². The smallest absolute Gasteiger partial charge is 0.0593 e. The largest absolute Gasteiger partial charge is 0.380 e. The number of hydrogen-bond donors (Lipinski definition) is 0. The highest BCUT2D eigenvalue weighted by Gasteiger charge is 2.31. The lowest BCUT2D eigenvalue weighted by atomic mass is 9.91. The number of rotatable bonds is 7. The van der Waals surface area contributed by atoms with Crippen molar-refractivity contribution in [1.29, 1.82) is 0 Å². The van der Waals surface area contributed by atoms with E-state index in [0.29, 0.717) is 11.0 Å². The molecule has 0 aliphatic carbocycles. The zero-order valence-corrected chi connectivity index (χ0v) is 18.5. The van der Waals surface area contributed by atoms with Gasteiger partial charge in [-0.15, -0.1) is 0 Å². The summed E-state index contributed by atoms with van der Waals surface area (Å²) >= 11 is 0. The molecule has 154 valence electrons. The summed E-state index contributed by atoms with van der Waals surface area (Å²) in [7, 11) is 0. The van der Waals surface area contributed by atoms with E-state index in [9.17, 15) is 0 Å². The summed E-state index contributed by atoms with van der Waals surface area (Å²) in [5, 5.41) is 0. The molecule has 0 saturated carbocycles. The fourth-order valence-corrected chi connectivity index (χ4v) is 4.25. The lowest BCUT2D eigenvalue weighted by Crippen LogP contribution is -2.55. The van der Waals surface area contributed by atoms with Crippen LogP contribution < -0.4 is 0 Å². The molecule has 0 unspecified atom stereocenters. The Kier molecular flexibility index (Phi) is 8.39. The first-order valence-electron chi connectivity index (χ1n) is 10.9.